The summed E-state index contributed by atoms with van der Waals surface area (Å²) in [7, 11) is 0. The molecule has 2 N–H and O–H groups in total. The maximum atomic E-state index is 12.9. The first kappa shape index (κ1) is 22.3. The van der Waals surface area contributed by atoms with Crippen LogP contribution in [0, 0.1) is 5.92 Å². The Hall–Kier alpha value is -2.34. The lowest BCUT2D eigenvalue weighted by Gasteiger charge is -2.21. The van der Waals surface area contributed by atoms with Crippen molar-refractivity contribution in [3.8, 4) is 5.75 Å². The summed E-state index contributed by atoms with van der Waals surface area (Å²) >= 11 is 3.43. The van der Waals surface area contributed by atoms with Crippen LogP contribution in [0.2, 0.25) is 0 Å². The molecule has 6 heteroatoms. The minimum Gasteiger partial charge on any atom is -0.493 e. The Balaban J connectivity index is 1.67. The van der Waals surface area contributed by atoms with Crippen molar-refractivity contribution >= 4 is 39.1 Å². The average Bonchev–Trinajstić information content (AvgIpc) is 2.75. The number of amides is 2. The van der Waals surface area contributed by atoms with Gasteiger partial charge in [-0.2, -0.15) is 0 Å². The van der Waals surface area contributed by atoms with Gasteiger partial charge in [-0.1, -0.05) is 54.6 Å². The van der Waals surface area contributed by atoms with Crippen molar-refractivity contribution in [3.63, 3.8) is 0 Å². The number of carbonyl (C=O) groups is 2. The van der Waals surface area contributed by atoms with Gasteiger partial charge in [-0.05, 0) is 55.7 Å². The number of benzene rings is 2. The molecule has 1 aliphatic rings. The van der Waals surface area contributed by atoms with Crippen LogP contribution in [0.5, 0.6) is 5.75 Å². The normalized spacial score (nSPS) is 14.2. The molecule has 0 aromatic heterocycles. The molecule has 1 fully saturated rings. The predicted molar refractivity (Wildman–Crippen MR) is 124 cm³/mol. The number of nitrogens with one attached hydrogen (secondary N) is 2. The van der Waals surface area contributed by atoms with E-state index in [2.05, 4.69) is 33.5 Å². The Kier molecular flexibility index (Phi) is 8.31. The van der Waals surface area contributed by atoms with Crippen LogP contribution in [-0.4, -0.2) is 18.4 Å². The van der Waals surface area contributed by atoms with Gasteiger partial charge in [0.05, 0.1) is 12.2 Å². The molecule has 0 unspecified atom stereocenters. The number of anilines is 2. The molecule has 1 aliphatic carbocycles. The minimum absolute atomic E-state index is 0.0665. The third kappa shape index (κ3) is 6.33. The Morgan fingerprint density at radius 2 is 1.77 bits per heavy atom. The Labute approximate surface area is 186 Å². The van der Waals surface area contributed by atoms with Crippen LogP contribution >= 0.6 is 15.9 Å². The topological polar surface area (TPSA) is 67.4 Å². The molecule has 2 aromatic rings. The molecular weight excluding hydrogens is 444 g/mol. The van der Waals surface area contributed by atoms with Gasteiger partial charge in [0, 0.05) is 21.8 Å². The highest BCUT2D eigenvalue weighted by Gasteiger charge is 2.21. The van der Waals surface area contributed by atoms with E-state index in [4.69, 9.17) is 4.74 Å². The predicted octanol–water partition coefficient (Wildman–Crippen LogP) is 6.40. The molecule has 0 spiro atoms. The first-order chi connectivity index (χ1) is 14.6. The lowest BCUT2D eigenvalue weighted by atomic mass is 9.88. The number of hydrogen-bond acceptors (Lipinski definition) is 3. The monoisotopic (exact) mass is 472 g/mol. The second kappa shape index (κ2) is 11.2. The number of ether oxygens (including phenoxy) is 1. The molecule has 0 heterocycles. The van der Waals surface area contributed by atoms with Gasteiger partial charge >= 0.3 is 0 Å². The molecule has 5 nitrogen and oxygen atoms in total. The van der Waals surface area contributed by atoms with Crippen LogP contribution in [0.4, 0.5) is 11.4 Å². The van der Waals surface area contributed by atoms with Crippen molar-refractivity contribution in [2.24, 2.45) is 5.92 Å². The summed E-state index contributed by atoms with van der Waals surface area (Å²) in [6.45, 7) is 2.67. The summed E-state index contributed by atoms with van der Waals surface area (Å²) in [6, 6.07) is 12.7. The second-order valence-corrected chi connectivity index (χ2v) is 8.62. The number of rotatable bonds is 8. The van der Waals surface area contributed by atoms with Gasteiger partial charge in [0.15, 0.2) is 0 Å². The van der Waals surface area contributed by atoms with Crippen molar-refractivity contribution in [1.29, 1.82) is 0 Å². The fourth-order valence-corrected chi connectivity index (χ4v) is 3.98. The molecule has 2 amide bonds. The fourth-order valence-electron chi connectivity index (χ4n) is 3.61. The number of halogens is 1. The van der Waals surface area contributed by atoms with Gasteiger partial charge in [0.1, 0.15) is 5.75 Å². The summed E-state index contributed by atoms with van der Waals surface area (Å²) in [5.41, 5.74) is 1.79. The zero-order chi connectivity index (χ0) is 21.3. The number of hydrogen-bond donors (Lipinski definition) is 2. The molecule has 3 rings (SSSR count). The Morgan fingerprint density at radius 3 is 2.50 bits per heavy atom. The number of unbranched alkanes of at least 4 members (excludes halogenated alkanes) is 1. The third-order valence-electron chi connectivity index (χ3n) is 5.31. The van der Waals surface area contributed by atoms with E-state index in [9.17, 15) is 9.59 Å². The molecule has 0 atom stereocenters. The van der Waals surface area contributed by atoms with Crippen LogP contribution in [0.1, 0.15) is 62.2 Å². The van der Waals surface area contributed by atoms with Crippen molar-refractivity contribution in [2.75, 3.05) is 17.2 Å². The summed E-state index contributed by atoms with van der Waals surface area (Å²) < 4.78 is 6.61. The average molecular weight is 473 g/mol. The van der Waals surface area contributed by atoms with Crippen molar-refractivity contribution in [1.82, 2.24) is 0 Å². The Morgan fingerprint density at radius 1 is 1.03 bits per heavy atom. The van der Waals surface area contributed by atoms with E-state index in [-0.39, 0.29) is 17.7 Å². The van der Waals surface area contributed by atoms with Crippen molar-refractivity contribution in [2.45, 2.75) is 51.9 Å². The standard InChI is InChI=1S/C24H29BrN2O3/c1-2-3-14-30-22-13-12-18(25)15-21(22)24(29)27-20-11-7-10-19(16-20)26-23(28)17-8-5-4-6-9-17/h7,10-13,15-17H,2-6,8-9,14H2,1H3,(H,26,28)(H,27,29). The van der Waals surface area contributed by atoms with E-state index in [0.717, 1.165) is 43.0 Å². The Bertz CT molecular complexity index is 879. The SMILES string of the molecule is CCCCOc1ccc(Br)cc1C(=O)Nc1cccc(NC(=O)C2CCCCC2)c1. The highest BCUT2D eigenvalue weighted by molar-refractivity contribution is 9.10. The fraction of sp³-hybridized carbons (Fsp3) is 0.417. The second-order valence-electron chi connectivity index (χ2n) is 7.70. The van der Waals surface area contributed by atoms with Gasteiger partial charge in [-0.15, -0.1) is 0 Å². The minimum atomic E-state index is -0.251. The van der Waals surface area contributed by atoms with Crippen LogP contribution < -0.4 is 15.4 Å². The molecule has 0 saturated heterocycles. The zero-order valence-electron chi connectivity index (χ0n) is 17.4. The molecule has 2 aromatic carbocycles. The summed E-state index contributed by atoms with van der Waals surface area (Å²) in [5.74, 6) is 0.461. The molecule has 0 aliphatic heterocycles. The van der Waals surface area contributed by atoms with E-state index >= 15 is 0 Å². The summed E-state index contributed by atoms with van der Waals surface area (Å²) in [6.07, 6.45) is 7.30. The molecule has 160 valence electrons. The van der Waals surface area contributed by atoms with E-state index in [1.54, 1.807) is 18.2 Å². The molecule has 1 saturated carbocycles. The van der Waals surface area contributed by atoms with E-state index < -0.39 is 0 Å². The molecule has 0 bridgehead atoms. The van der Waals surface area contributed by atoms with Crippen LogP contribution in [0.3, 0.4) is 0 Å². The van der Waals surface area contributed by atoms with E-state index in [0.29, 0.717) is 29.3 Å². The lowest BCUT2D eigenvalue weighted by Crippen LogP contribution is -2.24. The van der Waals surface area contributed by atoms with Gasteiger partial charge in [0.25, 0.3) is 5.91 Å². The van der Waals surface area contributed by atoms with Crippen LogP contribution in [0.15, 0.2) is 46.9 Å². The van der Waals surface area contributed by atoms with Gasteiger partial charge in [0.2, 0.25) is 5.91 Å². The largest absolute Gasteiger partial charge is 0.493 e. The molecular formula is C24H29BrN2O3. The van der Waals surface area contributed by atoms with E-state index in [1.807, 2.05) is 24.3 Å². The summed E-state index contributed by atoms with van der Waals surface area (Å²) in [5, 5.41) is 5.92. The molecule has 30 heavy (non-hydrogen) atoms. The maximum absolute atomic E-state index is 12.9. The van der Waals surface area contributed by atoms with Gasteiger partial charge < -0.3 is 15.4 Å². The highest BCUT2D eigenvalue weighted by atomic mass is 79.9. The highest BCUT2D eigenvalue weighted by Crippen LogP contribution is 2.27. The first-order valence-corrected chi connectivity index (χ1v) is 11.5. The third-order valence-corrected chi connectivity index (χ3v) is 5.80. The zero-order valence-corrected chi connectivity index (χ0v) is 19.0. The van der Waals surface area contributed by atoms with Gasteiger partial charge in [-0.3, -0.25) is 9.59 Å². The number of carbonyl (C=O) groups excluding carboxylic acids is 2. The van der Waals surface area contributed by atoms with Crippen molar-refractivity contribution < 1.29 is 14.3 Å². The van der Waals surface area contributed by atoms with Crippen LogP contribution in [-0.2, 0) is 4.79 Å². The van der Waals surface area contributed by atoms with Gasteiger partial charge in [-0.25, -0.2) is 0 Å². The van der Waals surface area contributed by atoms with Crippen molar-refractivity contribution in [3.05, 3.63) is 52.5 Å². The maximum Gasteiger partial charge on any atom is 0.259 e. The van der Waals surface area contributed by atoms with E-state index in [1.165, 1.54) is 6.42 Å². The lowest BCUT2D eigenvalue weighted by molar-refractivity contribution is -0.120. The summed E-state index contributed by atoms with van der Waals surface area (Å²) in [4.78, 5) is 25.4. The quantitative estimate of drug-likeness (QED) is 0.436. The smallest absolute Gasteiger partial charge is 0.259 e. The molecule has 0 radical (unpaired) electrons. The first-order valence-electron chi connectivity index (χ1n) is 10.7. The van der Waals surface area contributed by atoms with Crippen LogP contribution in [0.25, 0.3) is 0 Å².